The molecule has 0 aromatic heterocycles. The molecule has 2 unspecified atom stereocenters. The number of hydrogen-bond acceptors (Lipinski definition) is 7. The Morgan fingerprint density at radius 2 is 0.919 bits per heavy atom. The van der Waals surface area contributed by atoms with E-state index in [-0.39, 0.29) is 32.0 Å². The van der Waals surface area contributed by atoms with E-state index in [1.807, 2.05) is 33.3 Å². The average Bonchev–Trinajstić information content (AvgIpc) is 3.23. The van der Waals surface area contributed by atoms with Gasteiger partial charge in [-0.2, -0.15) is 0 Å². The van der Waals surface area contributed by atoms with Gasteiger partial charge in [-0.05, 0) is 38.5 Å². The number of hydrogen-bond donors (Lipinski definition) is 1. The van der Waals surface area contributed by atoms with Crippen LogP contribution in [0.5, 0.6) is 0 Å². The monoisotopic (exact) mass is 895 g/mol. The summed E-state index contributed by atoms with van der Waals surface area (Å²) in [5, 5.41) is 0. The van der Waals surface area contributed by atoms with Crippen LogP contribution in [0.1, 0.15) is 219 Å². The molecule has 0 aromatic rings. The number of ether oxygens (including phenoxy) is 2. The highest BCUT2D eigenvalue weighted by Crippen LogP contribution is 2.43. The van der Waals surface area contributed by atoms with Gasteiger partial charge in [-0.3, -0.25) is 18.6 Å². The van der Waals surface area contributed by atoms with Gasteiger partial charge in [-0.15, -0.1) is 0 Å². The first kappa shape index (κ1) is 60.0. The second-order valence-electron chi connectivity index (χ2n) is 18.2. The maximum atomic E-state index is 12.7. The lowest BCUT2D eigenvalue weighted by Crippen LogP contribution is -2.37. The quantitative estimate of drug-likeness (QED) is 0.0212. The molecule has 0 aliphatic carbocycles. The SMILES string of the molecule is CC/C=C\C/C=C\C/C=C\C/C=C\CCC(=O)OC(COC(=O)CCCCCCCCCCCCCCCCCCCCCCCCCCC)COP(=O)(O)OCC[N+](C)(C)C. The number of esters is 2. The maximum Gasteiger partial charge on any atom is 0.472 e. The molecule has 0 saturated heterocycles. The summed E-state index contributed by atoms with van der Waals surface area (Å²) >= 11 is 0. The Bertz CT molecular complexity index is 1190. The van der Waals surface area contributed by atoms with Crippen LogP contribution in [0.4, 0.5) is 0 Å². The van der Waals surface area contributed by atoms with Crippen molar-refractivity contribution < 1.29 is 42.1 Å². The third kappa shape index (κ3) is 47.4. The summed E-state index contributed by atoms with van der Waals surface area (Å²) < 4.78 is 34.3. The number of phosphoric ester groups is 1. The summed E-state index contributed by atoms with van der Waals surface area (Å²) in [6.07, 6.45) is 53.5. The molecule has 0 rings (SSSR count). The fourth-order valence-corrected chi connectivity index (χ4v) is 7.71. The van der Waals surface area contributed by atoms with E-state index in [0.29, 0.717) is 17.4 Å². The minimum absolute atomic E-state index is 0.0190. The fraction of sp³-hybridized carbons (Fsp3) is 0.808. The Hall–Kier alpha value is -2.03. The molecule has 0 amide bonds. The molecular weight excluding hydrogens is 798 g/mol. The molecule has 362 valence electrons. The number of phosphoric acid groups is 1. The second kappa shape index (κ2) is 44.2. The molecule has 0 saturated carbocycles. The van der Waals surface area contributed by atoms with Crippen LogP contribution in [-0.2, 0) is 32.7 Å². The van der Waals surface area contributed by atoms with E-state index in [4.69, 9.17) is 18.5 Å². The molecule has 62 heavy (non-hydrogen) atoms. The number of nitrogens with zero attached hydrogens (tertiary/aromatic N) is 1. The molecule has 1 N–H and O–H groups in total. The van der Waals surface area contributed by atoms with E-state index in [1.165, 1.54) is 141 Å². The predicted molar refractivity (Wildman–Crippen MR) is 261 cm³/mol. The van der Waals surface area contributed by atoms with E-state index >= 15 is 0 Å². The number of carbonyl (C=O) groups excluding carboxylic acids is 2. The molecule has 0 fully saturated rings. The lowest BCUT2D eigenvalue weighted by atomic mass is 10.0. The van der Waals surface area contributed by atoms with Gasteiger partial charge in [-0.25, -0.2) is 4.57 Å². The van der Waals surface area contributed by atoms with Gasteiger partial charge in [-0.1, -0.05) is 217 Å². The highest BCUT2D eigenvalue weighted by molar-refractivity contribution is 7.47. The molecule has 0 aromatic carbocycles. The summed E-state index contributed by atoms with van der Waals surface area (Å²) in [5.41, 5.74) is 0. The Labute approximate surface area is 382 Å². The van der Waals surface area contributed by atoms with E-state index in [1.54, 1.807) is 0 Å². The first-order valence-electron chi connectivity index (χ1n) is 25.4. The van der Waals surface area contributed by atoms with Gasteiger partial charge < -0.3 is 18.9 Å². The lowest BCUT2D eigenvalue weighted by molar-refractivity contribution is -0.870. The first-order valence-corrected chi connectivity index (χ1v) is 26.9. The van der Waals surface area contributed by atoms with Crippen LogP contribution in [-0.4, -0.2) is 74.9 Å². The van der Waals surface area contributed by atoms with E-state index in [2.05, 4.69) is 50.3 Å². The number of likely N-dealkylation sites (N-methyl/N-ethyl adjacent to an activating group) is 1. The molecule has 0 radical (unpaired) electrons. The Balaban J connectivity index is 4.17. The summed E-state index contributed by atoms with van der Waals surface area (Å²) in [7, 11) is 1.44. The molecule has 9 nitrogen and oxygen atoms in total. The van der Waals surface area contributed by atoms with E-state index in [0.717, 1.165) is 44.9 Å². The van der Waals surface area contributed by atoms with Gasteiger partial charge in [0.1, 0.15) is 19.8 Å². The molecule has 0 bridgehead atoms. The van der Waals surface area contributed by atoms with Crippen LogP contribution in [0.15, 0.2) is 48.6 Å². The summed E-state index contributed by atoms with van der Waals surface area (Å²) in [4.78, 5) is 35.4. The van der Waals surface area contributed by atoms with E-state index < -0.39 is 26.5 Å². The lowest BCUT2D eigenvalue weighted by Gasteiger charge is -2.24. The van der Waals surface area contributed by atoms with Crippen LogP contribution < -0.4 is 0 Å². The molecule has 0 spiro atoms. The van der Waals surface area contributed by atoms with Crippen molar-refractivity contribution in [1.29, 1.82) is 0 Å². The molecule has 2 atom stereocenters. The number of unbranched alkanes of at least 4 members (excludes halogenated alkanes) is 24. The smallest absolute Gasteiger partial charge is 0.462 e. The predicted octanol–water partition coefficient (Wildman–Crippen LogP) is 15.0. The van der Waals surface area contributed by atoms with Crippen molar-refractivity contribution in [3.63, 3.8) is 0 Å². The zero-order valence-electron chi connectivity index (χ0n) is 40.9. The van der Waals surface area contributed by atoms with Crippen molar-refractivity contribution in [2.45, 2.75) is 225 Å². The van der Waals surface area contributed by atoms with Gasteiger partial charge in [0.25, 0.3) is 0 Å². The molecule has 0 heterocycles. The van der Waals surface area contributed by atoms with Crippen molar-refractivity contribution in [3.05, 3.63) is 48.6 Å². The topological polar surface area (TPSA) is 108 Å². The van der Waals surface area contributed by atoms with Crippen LogP contribution in [0.3, 0.4) is 0 Å². The Morgan fingerprint density at radius 1 is 0.516 bits per heavy atom. The minimum atomic E-state index is -4.39. The van der Waals surface area contributed by atoms with Crippen LogP contribution in [0.2, 0.25) is 0 Å². The molecular formula is C52H97NO8P+. The zero-order chi connectivity index (χ0) is 45.7. The number of carbonyl (C=O) groups is 2. The Kier molecular flexibility index (Phi) is 42.7. The molecule has 0 aliphatic heterocycles. The zero-order valence-corrected chi connectivity index (χ0v) is 41.7. The van der Waals surface area contributed by atoms with Gasteiger partial charge in [0.2, 0.25) is 0 Å². The first-order chi connectivity index (χ1) is 30.0. The largest absolute Gasteiger partial charge is 0.472 e. The molecule has 0 aliphatic rings. The number of allylic oxidation sites excluding steroid dienone is 8. The third-order valence-electron chi connectivity index (χ3n) is 10.9. The van der Waals surface area contributed by atoms with Crippen LogP contribution >= 0.6 is 7.82 Å². The summed E-state index contributed by atoms with van der Waals surface area (Å²) in [6.45, 7) is 4.24. The normalized spacial score (nSPS) is 13.8. The van der Waals surface area contributed by atoms with Crippen molar-refractivity contribution >= 4 is 19.8 Å². The number of rotatable bonds is 46. The van der Waals surface area contributed by atoms with Gasteiger partial charge in [0, 0.05) is 12.8 Å². The number of quaternary nitrogens is 1. The van der Waals surface area contributed by atoms with Crippen LogP contribution in [0.25, 0.3) is 0 Å². The molecule has 10 heteroatoms. The van der Waals surface area contributed by atoms with Crippen molar-refractivity contribution in [2.75, 3.05) is 47.5 Å². The summed E-state index contributed by atoms with van der Waals surface area (Å²) in [5.74, 6) is -0.887. The average molecular weight is 895 g/mol. The third-order valence-corrected chi connectivity index (χ3v) is 11.9. The standard InChI is InChI=1S/C52H96NO8P/c1-6-8-10-12-14-16-18-20-21-22-23-24-25-26-27-28-29-30-31-33-34-36-38-40-42-44-51(54)58-48-50(49-60-62(56,57)59-47-46-53(3,4)5)61-52(55)45-43-41-39-37-35-32-19-17-15-13-11-9-7-2/h9,11,15,17,32,35,39,41,50H,6-8,10,12-14,16,18-31,33-34,36-38,40,42-49H2,1-5H3/p+1/b11-9-,17-15-,35-32-,41-39-. The highest BCUT2D eigenvalue weighted by Gasteiger charge is 2.27. The van der Waals surface area contributed by atoms with Crippen LogP contribution in [0, 0.1) is 0 Å². The van der Waals surface area contributed by atoms with Gasteiger partial charge >= 0.3 is 19.8 Å². The highest BCUT2D eigenvalue weighted by atomic mass is 31.2. The van der Waals surface area contributed by atoms with Crippen molar-refractivity contribution in [1.82, 2.24) is 0 Å². The van der Waals surface area contributed by atoms with Crippen molar-refractivity contribution in [3.8, 4) is 0 Å². The Morgan fingerprint density at radius 3 is 1.34 bits per heavy atom. The maximum absolute atomic E-state index is 12.7. The van der Waals surface area contributed by atoms with E-state index in [9.17, 15) is 19.0 Å². The van der Waals surface area contributed by atoms with Gasteiger partial charge in [0.15, 0.2) is 6.10 Å². The summed E-state index contributed by atoms with van der Waals surface area (Å²) in [6, 6.07) is 0. The second-order valence-corrected chi connectivity index (χ2v) is 19.6. The van der Waals surface area contributed by atoms with Gasteiger partial charge in [0.05, 0.1) is 27.7 Å². The van der Waals surface area contributed by atoms with Crippen molar-refractivity contribution in [2.24, 2.45) is 0 Å². The fourth-order valence-electron chi connectivity index (χ4n) is 6.97. The minimum Gasteiger partial charge on any atom is -0.462 e.